The third-order valence-corrected chi connectivity index (χ3v) is 1.65. The third-order valence-electron chi connectivity index (χ3n) is 1.65. The molecule has 80 valence electrons. The van der Waals surface area contributed by atoms with Crippen LogP contribution in [0.25, 0.3) is 0 Å². The van der Waals surface area contributed by atoms with Gasteiger partial charge in [-0.05, 0) is 19.1 Å². The van der Waals surface area contributed by atoms with E-state index in [2.05, 4.69) is 5.32 Å². The smallest absolute Gasteiger partial charge is 0.258 e. The molecule has 0 spiro atoms. The first kappa shape index (κ1) is 11.2. The maximum Gasteiger partial charge on any atom is 0.258 e. The first-order chi connectivity index (χ1) is 7.18. The number of carbonyl (C=O) groups is 2. The molecule has 15 heavy (non-hydrogen) atoms. The average molecular weight is 207 g/mol. The summed E-state index contributed by atoms with van der Waals surface area (Å²) in [5.74, 6) is 0.257. The molecule has 0 atom stereocenters. The zero-order valence-electron chi connectivity index (χ0n) is 8.53. The van der Waals surface area contributed by atoms with E-state index in [9.17, 15) is 9.59 Å². The van der Waals surface area contributed by atoms with E-state index in [-0.39, 0.29) is 24.8 Å². The molecule has 0 aliphatic heterocycles. The SMILES string of the molecule is CC(=O)CNC(=O)COc1ccccc1. The number of Topliss-reactive ketones (excluding diaryl/α,β-unsaturated/α-hetero) is 1. The summed E-state index contributed by atoms with van der Waals surface area (Å²) in [4.78, 5) is 21.7. The van der Waals surface area contributed by atoms with Gasteiger partial charge in [-0.3, -0.25) is 9.59 Å². The minimum Gasteiger partial charge on any atom is -0.484 e. The molecule has 0 aliphatic carbocycles. The van der Waals surface area contributed by atoms with Crippen molar-refractivity contribution >= 4 is 11.7 Å². The normalized spacial score (nSPS) is 9.40. The second kappa shape index (κ2) is 5.80. The van der Waals surface area contributed by atoms with Crippen LogP contribution in [0.4, 0.5) is 0 Å². The summed E-state index contributed by atoms with van der Waals surface area (Å²) in [5.41, 5.74) is 0. The van der Waals surface area contributed by atoms with E-state index >= 15 is 0 Å². The second-order valence-corrected chi connectivity index (χ2v) is 3.08. The summed E-state index contributed by atoms with van der Waals surface area (Å²) in [6, 6.07) is 9.03. The summed E-state index contributed by atoms with van der Waals surface area (Å²) >= 11 is 0. The van der Waals surface area contributed by atoms with Crippen LogP contribution in [0.1, 0.15) is 6.92 Å². The zero-order chi connectivity index (χ0) is 11.1. The van der Waals surface area contributed by atoms with E-state index in [1.807, 2.05) is 18.2 Å². The Labute approximate surface area is 88.2 Å². The second-order valence-electron chi connectivity index (χ2n) is 3.08. The maximum absolute atomic E-state index is 11.1. The molecule has 0 aromatic heterocycles. The summed E-state index contributed by atoms with van der Waals surface area (Å²) < 4.78 is 5.18. The standard InChI is InChI=1S/C11H13NO3/c1-9(13)7-12-11(14)8-15-10-5-3-2-4-6-10/h2-6H,7-8H2,1H3,(H,12,14). The Morgan fingerprint density at radius 1 is 1.27 bits per heavy atom. The fourth-order valence-corrected chi connectivity index (χ4v) is 0.940. The number of para-hydroxylation sites is 1. The van der Waals surface area contributed by atoms with Crippen LogP contribution in [-0.2, 0) is 9.59 Å². The molecule has 4 nitrogen and oxygen atoms in total. The topological polar surface area (TPSA) is 55.4 Å². The maximum atomic E-state index is 11.1. The van der Waals surface area contributed by atoms with E-state index in [0.29, 0.717) is 5.75 Å². The van der Waals surface area contributed by atoms with Crippen LogP contribution < -0.4 is 10.1 Å². The van der Waals surface area contributed by atoms with Crippen molar-refractivity contribution in [2.45, 2.75) is 6.92 Å². The Hall–Kier alpha value is -1.84. The van der Waals surface area contributed by atoms with E-state index in [1.165, 1.54) is 6.92 Å². The lowest BCUT2D eigenvalue weighted by Crippen LogP contribution is -2.32. The quantitative estimate of drug-likeness (QED) is 0.776. The highest BCUT2D eigenvalue weighted by atomic mass is 16.5. The highest BCUT2D eigenvalue weighted by molar-refractivity contribution is 5.85. The number of hydrogen-bond donors (Lipinski definition) is 1. The number of carbonyl (C=O) groups excluding carboxylic acids is 2. The van der Waals surface area contributed by atoms with E-state index in [4.69, 9.17) is 4.74 Å². The lowest BCUT2D eigenvalue weighted by molar-refractivity contribution is -0.125. The molecule has 4 heteroatoms. The number of ketones is 1. The molecule has 1 N–H and O–H groups in total. The highest BCUT2D eigenvalue weighted by Gasteiger charge is 2.02. The number of ether oxygens (including phenoxy) is 1. The highest BCUT2D eigenvalue weighted by Crippen LogP contribution is 2.07. The van der Waals surface area contributed by atoms with Gasteiger partial charge in [-0.15, -0.1) is 0 Å². The average Bonchev–Trinajstić information content (AvgIpc) is 2.25. The van der Waals surface area contributed by atoms with Gasteiger partial charge in [-0.1, -0.05) is 18.2 Å². The first-order valence-corrected chi connectivity index (χ1v) is 4.62. The van der Waals surface area contributed by atoms with Crippen molar-refractivity contribution in [1.29, 1.82) is 0 Å². The van der Waals surface area contributed by atoms with Crippen molar-refractivity contribution in [2.24, 2.45) is 0 Å². The molecule has 0 radical (unpaired) electrons. The van der Waals surface area contributed by atoms with E-state index in [1.54, 1.807) is 12.1 Å². The van der Waals surface area contributed by atoms with Crippen molar-refractivity contribution in [3.8, 4) is 5.75 Å². The number of amides is 1. The van der Waals surface area contributed by atoms with E-state index < -0.39 is 0 Å². The van der Waals surface area contributed by atoms with Gasteiger partial charge in [0.05, 0.1) is 6.54 Å². The number of rotatable bonds is 5. The summed E-state index contributed by atoms with van der Waals surface area (Å²) in [6.07, 6.45) is 0. The van der Waals surface area contributed by atoms with Gasteiger partial charge in [0.25, 0.3) is 5.91 Å². The molecule has 0 bridgehead atoms. The van der Waals surface area contributed by atoms with Crippen LogP contribution in [0.5, 0.6) is 5.75 Å². The molecule has 0 fully saturated rings. The van der Waals surface area contributed by atoms with Crippen molar-refractivity contribution in [1.82, 2.24) is 5.32 Å². The number of hydrogen-bond acceptors (Lipinski definition) is 3. The van der Waals surface area contributed by atoms with Gasteiger partial charge in [0.2, 0.25) is 0 Å². The molecule has 0 unspecified atom stereocenters. The Morgan fingerprint density at radius 2 is 1.93 bits per heavy atom. The third kappa shape index (κ3) is 4.81. The van der Waals surface area contributed by atoms with Crippen LogP contribution >= 0.6 is 0 Å². The molecule has 0 heterocycles. The molecule has 1 aromatic rings. The molecule has 0 saturated carbocycles. The zero-order valence-corrected chi connectivity index (χ0v) is 8.53. The minimum absolute atomic E-state index is 0.0526. The minimum atomic E-state index is -0.297. The molecule has 0 aliphatic rings. The summed E-state index contributed by atoms with van der Waals surface area (Å²) in [5, 5.41) is 2.44. The molecular weight excluding hydrogens is 194 g/mol. The Morgan fingerprint density at radius 3 is 2.53 bits per heavy atom. The van der Waals surface area contributed by atoms with Crippen molar-refractivity contribution < 1.29 is 14.3 Å². The van der Waals surface area contributed by atoms with Crippen LogP contribution in [-0.4, -0.2) is 24.8 Å². The van der Waals surface area contributed by atoms with Crippen molar-refractivity contribution in [3.63, 3.8) is 0 Å². The van der Waals surface area contributed by atoms with Crippen LogP contribution in [0, 0.1) is 0 Å². The Balaban J connectivity index is 2.26. The van der Waals surface area contributed by atoms with Crippen molar-refractivity contribution in [2.75, 3.05) is 13.2 Å². The van der Waals surface area contributed by atoms with Gasteiger partial charge in [-0.25, -0.2) is 0 Å². The lowest BCUT2D eigenvalue weighted by atomic mass is 10.3. The lowest BCUT2D eigenvalue weighted by Gasteiger charge is -2.05. The summed E-state index contributed by atoms with van der Waals surface area (Å²) in [6.45, 7) is 1.40. The van der Waals surface area contributed by atoms with Gasteiger partial charge in [0, 0.05) is 0 Å². The van der Waals surface area contributed by atoms with E-state index in [0.717, 1.165) is 0 Å². The fourth-order valence-electron chi connectivity index (χ4n) is 0.940. The molecule has 1 rings (SSSR count). The van der Waals surface area contributed by atoms with Gasteiger partial charge in [0.1, 0.15) is 11.5 Å². The molecule has 1 amide bonds. The van der Waals surface area contributed by atoms with Crippen molar-refractivity contribution in [3.05, 3.63) is 30.3 Å². The summed E-state index contributed by atoms with van der Waals surface area (Å²) in [7, 11) is 0. The van der Waals surface area contributed by atoms with Gasteiger partial charge < -0.3 is 10.1 Å². The van der Waals surface area contributed by atoms with Crippen LogP contribution in [0.15, 0.2) is 30.3 Å². The van der Waals surface area contributed by atoms with Gasteiger partial charge >= 0.3 is 0 Å². The Bertz CT molecular complexity index is 335. The number of benzene rings is 1. The number of nitrogens with one attached hydrogen (secondary N) is 1. The van der Waals surface area contributed by atoms with Gasteiger partial charge in [-0.2, -0.15) is 0 Å². The molecule has 1 aromatic carbocycles. The van der Waals surface area contributed by atoms with Crippen LogP contribution in [0.3, 0.4) is 0 Å². The van der Waals surface area contributed by atoms with Crippen LogP contribution in [0.2, 0.25) is 0 Å². The Kier molecular flexibility index (Phi) is 4.34. The molecule has 0 saturated heterocycles. The predicted molar refractivity (Wildman–Crippen MR) is 55.6 cm³/mol. The largest absolute Gasteiger partial charge is 0.484 e. The predicted octanol–water partition coefficient (Wildman–Crippen LogP) is 0.771. The molecular formula is C11H13NO3. The monoisotopic (exact) mass is 207 g/mol. The fraction of sp³-hybridized carbons (Fsp3) is 0.273. The van der Waals surface area contributed by atoms with Gasteiger partial charge in [0.15, 0.2) is 6.61 Å². The first-order valence-electron chi connectivity index (χ1n) is 4.62.